The van der Waals surface area contributed by atoms with E-state index < -0.39 is 0 Å². The summed E-state index contributed by atoms with van der Waals surface area (Å²) in [6.45, 7) is 4.66. The third-order valence-corrected chi connectivity index (χ3v) is 4.94. The number of likely N-dealkylation sites (tertiary alicyclic amines) is 1. The Labute approximate surface area is 131 Å². The largest absolute Gasteiger partial charge is 0.496 e. The molecule has 0 aliphatic carbocycles. The number of rotatable bonds is 3. The first kappa shape index (κ1) is 15.2. The molecule has 2 aliphatic rings. The van der Waals surface area contributed by atoms with Gasteiger partial charge in [-0.15, -0.1) is 0 Å². The van der Waals surface area contributed by atoms with Crippen LogP contribution in [0.25, 0.3) is 0 Å². The fourth-order valence-corrected chi connectivity index (χ4v) is 3.62. The summed E-state index contributed by atoms with van der Waals surface area (Å²) < 4.78 is 10.7. The number of piperidine rings is 1. The number of amides is 1. The van der Waals surface area contributed by atoms with Gasteiger partial charge in [0.25, 0.3) is 5.91 Å². The lowest BCUT2D eigenvalue weighted by Gasteiger charge is -2.35. The molecular weight excluding hydrogens is 280 g/mol. The van der Waals surface area contributed by atoms with E-state index in [1.807, 2.05) is 24.0 Å². The highest BCUT2D eigenvalue weighted by molar-refractivity contribution is 5.95. The van der Waals surface area contributed by atoms with Crippen LogP contribution in [0.3, 0.4) is 0 Å². The van der Waals surface area contributed by atoms with Gasteiger partial charge in [0, 0.05) is 30.3 Å². The normalized spacial score (nSPS) is 24.0. The molecule has 0 aromatic heterocycles. The van der Waals surface area contributed by atoms with Gasteiger partial charge in [-0.2, -0.15) is 0 Å². The van der Waals surface area contributed by atoms with E-state index in [0.29, 0.717) is 29.0 Å². The molecule has 0 saturated carbocycles. The number of hydrogen-bond acceptors (Lipinski definition) is 4. The number of carbonyl (C=O) groups excluding carboxylic acids is 1. The fraction of sp³-hybridized carbons (Fsp3) is 0.588. The molecule has 5 nitrogen and oxygen atoms in total. The molecule has 2 atom stereocenters. The second-order valence-corrected chi connectivity index (χ2v) is 6.15. The maximum absolute atomic E-state index is 12.8. The van der Waals surface area contributed by atoms with Gasteiger partial charge in [0.05, 0.1) is 14.2 Å². The Morgan fingerprint density at radius 1 is 1.23 bits per heavy atom. The zero-order valence-corrected chi connectivity index (χ0v) is 13.5. The molecule has 1 N–H and O–H groups in total. The Kier molecular flexibility index (Phi) is 4.25. The minimum Gasteiger partial charge on any atom is -0.496 e. The molecule has 2 fully saturated rings. The molecule has 1 aromatic rings. The summed E-state index contributed by atoms with van der Waals surface area (Å²) >= 11 is 0. The summed E-state index contributed by atoms with van der Waals surface area (Å²) in [7, 11) is 3.23. The van der Waals surface area contributed by atoms with E-state index in [1.165, 1.54) is 0 Å². The highest BCUT2D eigenvalue weighted by Gasteiger charge is 2.34. The number of hydrogen-bond donors (Lipinski definition) is 1. The lowest BCUT2D eigenvalue weighted by Crippen LogP contribution is -2.46. The molecule has 2 heterocycles. The van der Waals surface area contributed by atoms with Gasteiger partial charge in [0.15, 0.2) is 0 Å². The van der Waals surface area contributed by atoms with Crippen LogP contribution >= 0.6 is 0 Å². The van der Waals surface area contributed by atoms with Crippen molar-refractivity contribution < 1.29 is 14.3 Å². The second kappa shape index (κ2) is 6.16. The summed E-state index contributed by atoms with van der Waals surface area (Å²) in [5.74, 6) is 2.05. The Morgan fingerprint density at radius 2 is 1.91 bits per heavy atom. The van der Waals surface area contributed by atoms with Crippen molar-refractivity contribution in [2.24, 2.45) is 5.92 Å². The van der Waals surface area contributed by atoms with Crippen LogP contribution in [0.15, 0.2) is 12.1 Å². The number of carbonyl (C=O) groups is 1. The topological polar surface area (TPSA) is 50.8 Å². The average molecular weight is 304 g/mol. The standard InChI is InChI=1S/C17H24N2O3/c1-11-15(21-2)8-13(9-16(11)22-3)17(20)19-7-5-14-12(10-19)4-6-18-14/h8-9,12,14,18H,4-7,10H2,1-3H3. The first-order valence-corrected chi connectivity index (χ1v) is 7.89. The lowest BCUT2D eigenvalue weighted by atomic mass is 9.93. The van der Waals surface area contributed by atoms with Crippen LogP contribution in [0.4, 0.5) is 0 Å². The molecule has 2 unspecified atom stereocenters. The minimum absolute atomic E-state index is 0.0713. The summed E-state index contributed by atoms with van der Waals surface area (Å²) in [5, 5.41) is 3.52. The molecule has 0 bridgehead atoms. The number of ether oxygens (including phenoxy) is 2. The van der Waals surface area contributed by atoms with E-state index >= 15 is 0 Å². The Bertz CT molecular complexity index is 548. The van der Waals surface area contributed by atoms with Crippen LogP contribution in [-0.2, 0) is 0 Å². The van der Waals surface area contributed by atoms with Crippen molar-refractivity contribution in [3.8, 4) is 11.5 Å². The SMILES string of the molecule is COc1cc(C(=O)N2CCC3NCCC3C2)cc(OC)c1C. The molecule has 1 amide bonds. The van der Waals surface area contributed by atoms with Crippen molar-refractivity contribution in [3.63, 3.8) is 0 Å². The predicted molar refractivity (Wildman–Crippen MR) is 84.7 cm³/mol. The van der Waals surface area contributed by atoms with Crippen molar-refractivity contribution in [1.29, 1.82) is 0 Å². The average Bonchev–Trinajstić information content (AvgIpc) is 3.02. The first-order chi connectivity index (χ1) is 10.6. The van der Waals surface area contributed by atoms with E-state index in [9.17, 15) is 4.79 Å². The van der Waals surface area contributed by atoms with Gasteiger partial charge in [-0.25, -0.2) is 0 Å². The quantitative estimate of drug-likeness (QED) is 0.926. The highest BCUT2D eigenvalue weighted by Crippen LogP contribution is 2.31. The smallest absolute Gasteiger partial charge is 0.254 e. The van der Waals surface area contributed by atoms with Crippen LogP contribution < -0.4 is 14.8 Å². The molecule has 0 spiro atoms. The van der Waals surface area contributed by atoms with Crippen LogP contribution in [0.5, 0.6) is 11.5 Å². The number of fused-ring (bicyclic) bond motifs is 1. The number of benzene rings is 1. The molecule has 5 heteroatoms. The molecule has 0 radical (unpaired) electrons. The monoisotopic (exact) mass is 304 g/mol. The second-order valence-electron chi connectivity index (χ2n) is 6.15. The predicted octanol–water partition coefficient (Wildman–Crippen LogP) is 1.84. The highest BCUT2D eigenvalue weighted by atomic mass is 16.5. The van der Waals surface area contributed by atoms with E-state index in [4.69, 9.17) is 9.47 Å². The van der Waals surface area contributed by atoms with Gasteiger partial charge in [-0.1, -0.05) is 0 Å². The summed E-state index contributed by atoms with van der Waals surface area (Å²) in [6.07, 6.45) is 2.20. The van der Waals surface area contributed by atoms with Crippen molar-refractivity contribution in [2.45, 2.75) is 25.8 Å². The lowest BCUT2D eigenvalue weighted by molar-refractivity contribution is 0.0661. The van der Waals surface area contributed by atoms with Crippen molar-refractivity contribution >= 4 is 5.91 Å². The van der Waals surface area contributed by atoms with Crippen LogP contribution in [0, 0.1) is 12.8 Å². The Balaban J connectivity index is 1.82. The minimum atomic E-state index is 0.0713. The Hall–Kier alpha value is -1.75. The van der Waals surface area contributed by atoms with Gasteiger partial charge in [0.2, 0.25) is 0 Å². The maximum atomic E-state index is 12.8. The summed E-state index contributed by atoms with van der Waals surface area (Å²) in [5.41, 5.74) is 1.56. The van der Waals surface area contributed by atoms with E-state index in [0.717, 1.165) is 38.0 Å². The number of nitrogens with one attached hydrogen (secondary N) is 1. The zero-order valence-electron chi connectivity index (χ0n) is 13.5. The molecular formula is C17H24N2O3. The van der Waals surface area contributed by atoms with Gasteiger partial charge < -0.3 is 19.7 Å². The van der Waals surface area contributed by atoms with Crippen molar-refractivity contribution in [1.82, 2.24) is 10.2 Å². The number of nitrogens with zero attached hydrogens (tertiary/aromatic N) is 1. The van der Waals surface area contributed by atoms with Gasteiger partial charge >= 0.3 is 0 Å². The molecule has 22 heavy (non-hydrogen) atoms. The van der Waals surface area contributed by atoms with E-state index in [2.05, 4.69) is 5.32 Å². The molecule has 2 aliphatic heterocycles. The molecule has 3 rings (SSSR count). The van der Waals surface area contributed by atoms with Gasteiger partial charge in [-0.3, -0.25) is 4.79 Å². The van der Waals surface area contributed by atoms with Crippen molar-refractivity contribution in [2.75, 3.05) is 33.9 Å². The van der Waals surface area contributed by atoms with Crippen LogP contribution in [0.2, 0.25) is 0 Å². The van der Waals surface area contributed by atoms with Crippen LogP contribution in [-0.4, -0.2) is 50.7 Å². The fourth-order valence-electron chi connectivity index (χ4n) is 3.62. The first-order valence-electron chi connectivity index (χ1n) is 7.89. The molecule has 120 valence electrons. The number of methoxy groups -OCH3 is 2. The maximum Gasteiger partial charge on any atom is 0.254 e. The third-order valence-electron chi connectivity index (χ3n) is 4.94. The zero-order chi connectivity index (χ0) is 15.7. The summed E-state index contributed by atoms with van der Waals surface area (Å²) in [6, 6.07) is 4.23. The molecule has 1 aromatic carbocycles. The molecule has 2 saturated heterocycles. The van der Waals surface area contributed by atoms with Crippen LogP contribution in [0.1, 0.15) is 28.8 Å². The van der Waals surface area contributed by atoms with Gasteiger partial charge in [0.1, 0.15) is 11.5 Å². The third kappa shape index (κ3) is 2.65. The summed E-state index contributed by atoms with van der Waals surface area (Å²) in [4.78, 5) is 14.8. The van der Waals surface area contributed by atoms with Crippen molar-refractivity contribution in [3.05, 3.63) is 23.3 Å². The van der Waals surface area contributed by atoms with Gasteiger partial charge in [-0.05, 0) is 44.4 Å². The van der Waals surface area contributed by atoms with E-state index in [-0.39, 0.29) is 5.91 Å². The van der Waals surface area contributed by atoms with E-state index in [1.54, 1.807) is 14.2 Å². The Morgan fingerprint density at radius 3 is 2.55 bits per heavy atom.